The maximum Gasteiger partial charge on any atom is 0.223 e. The number of carbonyl (C=O) groups excluding carboxylic acids is 1. The summed E-state index contributed by atoms with van der Waals surface area (Å²) in [5.41, 5.74) is 5.66. The lowest BCUT2D eigenvalue weighted by Crippen LogP contribution is -2.38. The molecule has 0 aromatic heterocycles. The maximum absolute atomic E-state index is 11.1. The van der Waals surface area contributed by atoms with E-state index in [2.05, 4.69) is 5.32 Å². The van der Waals surface area contributed by atoms with Crippen molar-refractivity contribution in [3.8, 4) is 0 Å². The Morgan fingerprint density at radius 2 is 2.36 bits per heavy atom. The van der Waals surface area contributed by atoms with Crippen molar-refractivity contribution in [1.29, 1.82) is 0 Å². The van der Waals surface area contributed by atoms with Gasteiger partial charge in [-0.1, -0.05) is 0 Å². The highest BCUT2D eigenvalue weighted by Gasteiger charge is 2.28. The molecule has 84 valence electrons. The second-order valence-electron chi connectivity index (χ2n) is 3.40. The third-order valence-corrected chi connectivity index (χ3v) is 2.69. The van der Waals surface area contributed by atoms with Crippen molar-refractivity contribution < 1.29 is 9.90 Å². The molecule has 1 aliphatic heterocycles. The average molecular weight is 243 g/mol. The van der Waals surface area contributed by atoms with Crippen molar-refractivity contribution in [2.24, 2.45) is 11.7 Å². The van der Waals surface area contributed by atoms with Gasteiger partial charge in [0.1, 0.15) is 0 Å². The summed E-state index contributed by atoms with van der Waals surface area (Å²) in [5.74, 6) is 0.111. The zero-order chi connectivity index (χ0) is 9.84. The van der Waals surface area contributed by atoms with Crippen LogP contribution in [0.5, 0.6) is 0 Å². The van der Waals surface area contributed by atoms with Crippen LogP contribution in [0.3, 0.4) is 0 Å². The quantitative estimate of drug-likeness (QED) is 0.601. The average Bonchev–Trinajstić information content (AvgIpc) is 2.50. The maximum atomic E-state index is 11.1. The molecule has 1 fully saturated rings. The number of alkyl halides is 1. The molecule has 1 amide bonds. The van der Waals surface area contributed by atoms with E-state index in [1.807, 2.05) is 0 Å². The molecule has 14 heavy (non-hydrogen) atoms. The number of carbonyl (C=O) groups is 1. The molecule has 0 unspecified atom stereocenters. The Labute approximate surface area is 94.6 Å². The number of nitrogens with two attached hydrogens (primary N) is 1. The highest BCUT2D eigenvalue weighted by atomic mass is 35.5. The number of aliphatic hydroxyl groups is 1. The molecule has 3 atom stereocenters. The number of hydrogen-bond acceptors (Lipinski definition) is 3. The first-order chi connectivity index (χ1) is 6.15. The van der Waals surface area contributed by atoms with E-state index in [-0.39, 0.29) is 30.1 Å². The highest BCUT2D eigenvalue weighted by Crippen LogP contribution is 2.16. The molecule has 0 bridgehead atoms. The monoisotopic (exact) mass is 242 g/mol. The van der Waals surface area contributed by atoms with E-state index in [0.29, 0.717) is 13.0 Å². The van der Waals surface area contributed by atoms with Gasteiger partial charge in [-0.25, -0.2) is 0 Å². The largest absolute Gasteiger partial charge is 0.390 e. The molecule has 0 radical (unpaired) electrons. The molecule has 6 heteroatoms. The third kappa shape index (κ3) is 3.61. The Hall–Kier alpha value is -0.0300. The standard InChI is InChI=1S/C8H15ClN2O2.ClH/c9-4-7(12)6(10)3-5-1-2-11-8(5)13;/h5-7,12H,1-4,10H2,(H,11,13);1H/t5-,6-,7+;/m0./s1. The first-order valence-electron chi connectivity index (χ1n) is 4.42. The zero-order valence-corrected chi connectivity index (χ0v) is 9.35. The molecule has 1 saturated heterocycles. The fraction of sp³-hybridized carbons (Fsp3) is 0.875. The minimum absolute atomic E-state index is 0. The normalized spacial score (nSPS) is 25.1. The van der Waals surface area contributed by atoms with Crippen LogP contribution < -0.4 is 11.1 Å². The summed E-state index contributed by atoms with van der Waals surface area (Å²) < 4.78 is 0. The second-order valence-corrected chi connectivity index (χ2v) is 3.71. The second kappa shape index (κ2) is 6.45. The van der Waals surface area contributed by atoms with Crippen LogP contribution in [-0.2, 0) is 4.79 Å². The molecule has 1 aliphatic rings. The number of rotatable bonds is 4. The number of hydrogen-bond donors (Lipinski definition) is 3. The van der Waals surface area contributed by atoms with E-state index in [9.17, 15) is 9.90 Å². The minimum atomic E-state index is -0.713. The van der Waals surface area contributed by atoms with E-state index in [1.165, 1.54) is 0 Å². The van der Waals surface area contributed by atoms with Gasteiger partial charge in [-0.3, -0.25) is 4.79 Å². The summed E-state index contributed by atoms with van der Waals surface area (Å²) >= 11 is 5.44. The molecule has 0 aromatic rings. The smallest absolute Gasteiger partial charge is 0.223 e. The van der Waals surface area contributed by atoms with Crippen molar-refractivity contribution in [3.63, 3.8) is 0 Å². The zero-order valence-electron chi connectivity index (χ0n) is 7.78. The van der Waals surface area contributed by atoms with Gasteiger partial charge in [0.2, 0.25) is 5.91 Å². The van der Waals surface area contributed by atoms with Crippen LogP contribution in [0.2, 0.25) is 0 Å². The van der Waals surface area contributed by atoms with Gasteiger partial charge >= 0.3 is 0 Å². The first kappa shape index (κ1) is 14.0. The van der Waals surface area contributed by atoms with Gasteiger partial charge in [0.05, 0.1) is 6.10 Å². The van der Waals surface area contributed by atoms with Crippen LogP contribution in [0.25, 0.3) is 0 Å². The summed E-state index contributed by atoms with van der Waals surface area (Å²) in [6.45, 7) is 0.715. The molecule has 0 aliphatic carbocycles. The van der Waals surface area contributed by atoms with E-state index < -0.39 is 12.1 Å². The van der Waals surface area contributed by atoms with Gasteiger partial charge in [-0.15, -0.1) is 24.0 Å². The Balaban J connectivity index is 0.00000169. The van der Waals surface area contributed by atoms with Crippen molar-refractivity contribution in [1.82, 2.24) is 5.32 Å². The van der Waals surface area contributed by atoms with Gasteiger partial charge in [-0.05, 0) is 12.8 Å². The molecule has 4 N–H and O–H groups in total. The van der Waals surface area contributed by atoms with Gasteiger partial charge < -0.3 is 16.2 Å². The van der Waals surface area contributed by atoms with Gasteiger partial charge in [0.25, 0.3) is 0 Å². The lowest BCUT2D eigenvalue weighted by atomic mass is 9.96. The molecular weight excluding hydrogens is 227 g/mol. The Kier molecular flexibility index (Phi) is 6.44. The van der Waals surface area contributed by atoms with Crippen LogP contribution >= 0.6 is 24.0 Å². The number of halogens is 2. The summed E-state index contributed by atoms with van der Waals surface area (Å²) in [5, 5.41) is 12.0. The van der Waals surface area contributed by atoms with Crippen molar-refractivity contribution in [3.05, 3.63) is 0 Å². The van der Waals surface area contributed by atoms with Gasteiger partial charge in [0.15, 0.2) is 0 Å². The topological polar surface area (TPSA) is 75.3 Å². The number of aliphatic hydroxyl groups excluding tert-OH is 1. The van der Waals surface area contributed by atoms with Crippen LogP contribution in [0.1, 0.15) is 12.8 Å². The predicted octanol–water partition coefficient (Wildman–Crippen LogP) is -0.139. The van der Waals surface area contributed by atoms with Crippen LogP contribution in [0, 0.1) is 5.92 Å². The summed E-state index contributed by atoms with van der Waals surface area (Å²) in [6.07, 6.45) is 0.608. The summed E-state index contributed by atoms with van der Waals surface area (Å²) in [7, 11) is 0. The van der Waals surface area contributed by atoms with E-state index >= 15 is 0 Å². The minimum Gasteiger partial charge on any atom is -0.390 e. The van der Waals surface area contributed by atoms with Crippen LogP contribution in [-0.4, -0.2) is 35.6 Å². The molecule has 1 heterocycles. The Bertz CT molecular complexity index is 192. The fourth-order valence-corrected chi connectivity index (χ4v) is 1.70. The van der Waals surface area contributed by atoms with E-state index in [4.69, 9.17) is 17.3 Å². The van der Waals surface area contributed by atoms with Crippen molar-refractivity contribution in [2.75, 3.05) is 12.4 Å². The molecule has 1 rings (SSSR count). The van der Waals surface area contributed by atoms with E-state index in [0.717, 1.165) is 6.42 Å². The van der Waals surface area contributed by atoms with Crippen LogP contribution in [0.4, 0.5) is 0 Å². The van der Waals surface area contributed by atoms with Gasteiger partial charge in [-0.2, -0.15) is 0 Å². The molecule has 0 saturated carbocycles. The highest BCUT2D eigenvalue weighted by molar-refractivity contribution is 6.18. The fourth-order valence-electron chi connectivity index (χ4n) is 1.47. The van der Waals surface area contributed by atoms with Crippen molar-refractivity contribution in [2.45, 2.75) is 25.0 Å². The molecule has 4 nitrogen and oxygen atoms in total. The summed E-state index contributed by atoms with van der Waals surface area (Å²) in [6, 6.07) is -0.397. The molecular formula is C8H16Cl2N2O2. The third-order valence-electron chi connectivity index (χ3n) is 2.37. The van der Waals surface area contributed by atoms with Gasteiger partial charge in [0, 0.05) is 24.4 Å². The predicted molar refractivity (Wildman–Crippen MR) is 57.7 cm³/mol. The van der Waals surface area contributed by atoms with Crippen LogP contribution in [0.15, 0.2) is 0 Å². The molecule has 0 spiro atoms. The number of nitrogens with one attached hydrogen (secondary N) is 1. The summed E-state index contributed by atoms with van der Waals surface area (Å²) in [4.78, 5) is 11.1. The van der Waals surface area contributed by atoms with Crippen molar-refractivity contribution >= 4 is 29.9 Å². The first-order valence-corrected chi connectivity index (χ1v) is 4.96. The lowest BCUT2D eigenvalue weighted by molar-refractivity contribution is -0.122. The molecule has 0 aromatic carbocycles. The SMILES string of the molecule is Cl.N[C@@H](C[C@@H]1CCNC1=O)[C@H](O)CCl. The Morgan fingerprint density at radius 1 is 1.71 bits per heavy atom. The Morgan fingerprint density at radius 3 is 2.79 bits per heavy atom. The lowest BCUT2D eigenvalue weighted by Gasteiger charge is -2.18. The number of amides is 1. The van der Waals surface area contributed by atoms with E-state index in [1.54, 1.807) is 0 Å².